The van der Waals surface area contributed by atoms with Crippen molar-refractivity contribution in [3.05, 3.63) is 53.6 Å². The molecule has 0 radical (unpaired) electrons. The Morgan fingerprint density at radius 3 is 2.58 bits per heavy atom. The predicted octanol–water partition coefficient (Wildman–Crippen LogP) is 3.43. The smallest absolute Gasteiger partial charge is 0.277 e. The Labute approximate surface area is 142 Å². The summed E-state index contributed by atoms with van der Waals surface area (Å²) >= 11 is 1.09. The van der Waals surface area contributed by atoms with E-state index in [2.05, 4.69) is 10.2 Å². The molecule has 0 aliphatic carbocycles. The van der Waals surface area contributed by atoms with Gasteiger partial charge in [-0.2, -0.15) is 0 Å². The number of aromatic nitrogens is 2. The molecule has 0 aliphatic heterocycles. The van der Waals surface area contributed by atoms with E-state index in [1.165, 1.54) is 12.1 Å². The van der Waals surface area contributed by atoms with Crippen LogP contribution in [0.15, 0.2) is 52.1 Å². The van der Waals surface area contributed by atoms with Gasteiger partial charge in [0.2, 0.25) is 5.89 Å². The van der Waals surface area contributed by atoms with Crippen LogP contribution >= 0.6 is 11.8 Å². The summed E-state index contributed by atoms with van der Waals surface area (Å²) < 4.78 is 5.53. The first-order chi connectivity index (χ1) is 11.5. The van der Waals surface area contributed by atoms with E-state index in [-0.39, 0.29) is 33.8 Å². The quantitative estimate of drug-likeness (QED) is 0.541. The van der Waals surface area contributed by atoms with Crippen LogP contribution in [0.4, 0.5) is 0 Å². The number of aryl methyl sites for hydroxylation is 1. The maximum absolute atomic E-state index is 12.1. The molecular weight excluding hydrogens is 328 g/mol. The topological polar surface area (TPSA) is 96.5 Å². The summed E-state index contributed by atoms with van der Waals surface area (Å²) in [6.45, 7) is 1.99. The first-order valence-electron chi connectivity index (χ1n) is 7.11. The van der Waals surface area contributed by atoms with E-state index in [0.29, 0.717) is 5.89 Å². The fourth-order valence-electron chi connectivity index (χ4n) is 2.04. The summed E-state index contributed by atoms with van der Waals surface area (Å²) in [4.78, 5) is 12.1. The van der Waals surface area contributed by atoms with Crippen molar-refractivity contribution < 1.29 is 19.4 Å². The molecule has 1 heterocycles. The van der Waals surface area contributed by atoms with Gasteiger partial charge in [-0.05, 0) is 31.2 Å². The summed E-state index contributed by atoms with van der Waals surface area (Å²) in [7, 11) is 0. The molecule has 1 aromatic heterocycles. The van der Waals surface area contributed by atoms with Crippen molar-refractivity contribution in [2.75, 3.05) is 5.75 Å². The summed E-state index contributed by atoms with van der Waals surface area (Å²) in [5, 5.41) is 27.1. The number of hydrogen-bond donors (Lipinski definition) is 2. The molecule has 0 unspecified atom stereocenters. The number of rotatable bonds is 5. The van der Waals surface area contributed by atoms with Crippen LogP contribution in [0.25, 0.3) is 11.5 Å². The van der Waals surface area contributed by atoms with Crippen molar-refractivity contribution in [2.45, 2.75) is 12.1 Å². The number of Topliss-reactive ketones (excluding diaryl/α,β-unsaturated/α-hetero) is 1. The molecule has 0 bridgehead atoms. The molecule has 0 amide bonds. The van der Waals surface area contributed by atoms with Crippen molar-refractivity contribution in [1.82, 2.24) is 10.2 Å². The number of thioether (sulfide) groups is 1. The van der Waals surface area contributed by atoms with Gasteiger partial charge in [0, 0.05) is 11.6 Å². The first kappa shape index (κ1) is 16.1. The zero-order valence-electron chi connectivity index (χ0n) is 12.8. The number of hydrogen-bond acceptors (Lipinski definition) is 7. The molecule has 6 nitrogen and oxygen atoms in total. The van der Waals surface area contributed by atoms with Crippen molar-refractivity contribution in [2.24, 2.45) is 0 Å². The number of aromatic hydroxyl groups is 2. The average molecular weight is 342 g/mol. The van der Waals surface area contributed by atoms with Gasteiger partial charge in [0.1, 0.15) is 11.5 Å². The van der Waals surface area contributed by atoms with Crippen LogP contribution in [0.1, 0.15) is 15.9 Å². The molecule has 0 saturated carbocycles. The normalized spacial score (nSPS) is 10.7. The number of carbonyl (C=O) groups is 1. The molecule has 0 spiro atoms. The minimum absolute atomic E-state index is 0.0356. The molecule has 0 aliphatic rings. The van der Waals surface area contributed by atoms with Gasteiger partial charge >= 0.3 is 0 Å². The summed E-state index contributed by atoms with van der Waals surface area (Å²) in [5.41, 5.74) is 2.08. The monoisotopic (exact) mass is 342 g/mol. The third-order valence-electron chi connectivity index (χ3n) is 3.31. The second-order valence-electron chi connectivity index (χ2n) is 5.15. The third kappa shape index (κ3) is 3.57. The zero-order chi connectivity index (χ0) is 17.1. The van der Waals surface area contributed by atoms with Gasteiger partial charge in [0.25, 0.3) is 5.22 Å². The van der Waals surface area contributed by atoms with E-state index in [9.17, 15) is 15.0 Å². The molecule has 3 aromatic rings. The van der Waals surface area contributed by atoms with Gasteiger partial charge in [0.05, 0.1) is 11.3 Å². The van der Waals surface area contributed by atoms with Crippen LogP contribution in [0.2, 0.25) is 0 Å². The van der Waals surface area contributed by atoms with E-state index >= 15 is 0 Å². The Balaban J connectivity index is 1.67. The van der Waals surface area contributed by atoms with E-state index in [1.807, 2.05) is 31.2 Å². The van der Waals surface area contributed by atoms with Gasteiger partial charge in [-0.25, -0.2) is 0 Å². The first-order valence-corrected chi connectivity index (χ1v) is 8.10. The van der Waals surface area contributed by atoms with E-state index < -0.39 is 0 Å². The number of nitrogens with zero attached hydrogens (tertiary/aromatic N) is 2. The standard InChI is InChI=1S/C17H14N2O4S/c1-10-2-4-11(5-3-10)16-18-19-17(23-16)24-9-15(22)13-7-6-12(20)8-14(13)21/h2-8,20-21H,9H2,1H3. The Hall–Kier alpha value is -2.80. The van der Waals surface area contributed by atoms with Gasteiger partial charge in [-0.3, -0.25) is 4.79 Å². The van der Waals surface area contributed by atoms with E-state index in [1.54, 1.807) is 0 Å². The highest BCUT2D eigenvalue weighted by atomic mass is 32.2. The van der Waals surface area contributed by atoms with Crippen molar-refractivity contribution in [1.29, 1.82) is 0 Å². The molecule has 3 rings (SSSR count). The highest BCUT2D eigenvalue weighted by Gasteiger charge is 2.15. The lowest BCUT2D eigenvalue weighted by atomic mass is 10.1. The molecular formula is C17H14N2O4S. The third-order valence-corrected chi connectivity index (χ3v) is 4.13. The maximum atomic E-state index is 12.1. The second-order valence-corrected chi connectivity index (χ2v) is 6.08. The zero-order valence-corrected chi connectivity index (χ0v) is 13.6. The SMILES string of the molecule is Cc1ccc(-c2nnc(SCC(=O)c3ccc(O)cc3O)o2)cc1. The second kappa shape index (κ2) is 6.76. The fraction of sp³-hybridized carbons (Fsp3) is 0.118. The highest BCUT2D eigenvalue weighted by Crippen LogP contribution is 2.27. The number of phenols is 2. The van der Waals surface area contributed by atoms with Gasteiger partial charge < -0.3 is 14.6 Å². The van der Waals surface area contributed by atoms with Crippen LogP contribution in [0.3, 0.4) is 0 Å². The lowest BCUT2D eigenvalue weighted by molar-refractivity contribution is 0.101. The number of phenolic OH excluding ortho intramolecular Hbond substituents is 2. The van der Waals surface area contributed by atoms with Crippen molar-refractivity contribution in [3.8, 4) is 23.0 Å². The molecule has 0 fully saturated rings. The summed E-state index contributed by atoms with van der Waals surface area (Å²) in [6, 6.07) is 11.5. The lowest BCUT2D eigenvalue weighted by Crippen LogP contribution is -2.02. The maximum Gasteiger partial charge on any atom is 0.277 e. The average Bonchev–Trinajstić information content (AvgIpc) is 3.02. The molecule has 7 heteroatoms. The summed E-state index contributed by atoms with van der Waals surface area (Å²) in [5.74, 6) is -0.235. The summed E-state index contributed by atoms with van der Waals surface area (Å²) in [6.07, 6.45) is 0. The van der Waals surface area contributed by atoms with Crippen LogP contribution in [-0.2, 0) is 0 Å². The molecule has 0 atom stereocenters. The molecule has 2 aromatic carbocycles. The van der Waals surface area contributed by atoms with Crippen molar-refractivity contribution >= 4 is 17.5 Å². The van der Waals surface area contributed by atoms with Gasteiger partial charge in [-0.1, -0.05) is 29.5 Å². The Kier molecular flexibility index (Phi) is 4.52. The largest absolute Gasteiger partial charge is 0.508 e. The van der Waals surface area contributed by atoms with Crippen LogP contribution in [-0.4, -0.2) is 31.9 Å². The Morgan fingerprint density at radius 2 is 1.88 bits per heavy atom. The van der Waals surface area contributed by atoms with Crippen LogP contribution in [0.5, 0.6) is 11.5 Å². The molecule has 2 N–H and O–H groups in total. The van der Waals surface area contributed by atoms with Crippen LogP contribution in [0, 0.1) is 6.92 Å². The van der Waals surface area contributed by atoms with E-state index in [0.717, 1.165) is 29.0 Å². The number of ketones is 1. The van der Waals surface area contributed by atoms with Gasteiger partial charge in [0.15, 0.2) is 5.78 Å². The van der Waals surface area contributed by atoms with Crippen LogP contribution < -0.4 is 0 Å². The number of carbonyl (C=O) groups excluding carboxylic acids is 1. The van der Waals surface area contributed by atoms with E-state index in [4.69, 9.17) is 4.42 Å². The Morgan fingerprint density at radius 1 is 1.12 bits per heavy atom. The minimum atomic E-state index is -0.299. The number of benzene rings is 2. The lowest BCUT2D eigenvalue weighted by Gasteiger charge is -2.02. The molecule has 0 saturated heterocycles. The molecule has 24 heavy (non-hydrogen) atoms. The fourth-order valence-corrected chi connectivity index (χ4v) is 2.69. The predicted molar refractivity (Wildman–Crippen MR) is 89.3 cm³/mol. The highest BCUT2D eigenvalue weighted by molar-refractivity contribution is 7.99. The van der Waals surface area contributed by atoms with Crippen molar-refractivity contribution in [3.63, 3.8) is 0 Å². The Bertz CT molecular complexity index is 875. The van der Waals surface area contributed by atoms with Gasteiger partial charge in [-0.15, -0.1) is 10.2 Å². The minimum Gasteiger partial charge on any atom is -0.508 e. The molecule has 122 valence electrons.